The standard InChI is InChI=1S/C59H97NO41S2/c1-19(66)3-5-86-7-8-87-6-4-21(67)9-20(51(82)83)15-102-17-28-49-35(73)42(80)58(93-28)98-47-26(13-64)89-55(38(76)31(47)69)97-46-25(12-63)92-57(41(79)34(46)72)101-50-29(18-103-16-22(60-2)52(84)85)94-59(43(81)36(50)74)99-48-27(14-65)90-54(39(77)32(48)70)95-44-23(10-61)88-53(37(75)30(44)68)96-45-24(11-62)91-56(100-49)40(78)33(45)71/h20,22-50,53-65,68-81H,3-18H2,1-2H3,(H,82,83)(H,84,85)/t20-,22-,23?,24?,25?,26?,27?,28?,29?,30-,31-,32-,33-,34-,35-,36-,37?,38?,39?,40?,41?,42?,43?,44-,45-,46-,47-,48-,49-,50-,53-,54-,55-,56-,57-,58-,59-/m1/s1. The SMILES string of the molecule is CN[C@H](CSCC1O[C@@H]2O[C@@H]3C(CO)O[C@H](O[C@@H]4C(CO)O[C@H](O[C@@H]5C(CO)O[C@H](O[C@@H]6C(CSC[C@@H](CC(=O)CCOCCOCCC(C)=O)C(=O)O)O[C@H](O[C@@H]7C(CO)O[C@H](O[C@@H]8C(CO)O[C@H](O[C@H]1[C@H](O)C2O)C(O)[C@H]8O)C(O)[C@H]7O)C(O)[C@H]6O)C(O)[C@H]5O)C(O)[C@H]4O)C(O)[C@H]3O)C(=O)O. The highest BCUT2D eigenvalue weighted by Gasteiger charge is 2.60. The van der Waals surface area contributed by atoms with E-state index in [4.69, 9.17) is 75.8 Å². The Morgan fingerprint density at radius 1 is 0.350 bits per heavy atom. The van der Waals surface area contributed by atoms with E-state index in [9.17, 15) is 126 Å². The van der Waals surface area contributed by atoms with Gasteiger partial charge in [-0.1, -0.05) is 0 Å². The van der Waals surface area contributed by atoms with E-state index in [0.29, 0.717) is 0 Å². The molecule has 0 aromatic heterocycles. The maximum atomic E-state index is 13.0. The summed E-state index contributed by atoms with van der Waals surface area (Å²) < 4.78 is 93.3. The molecule has 14 unspecified atom stereocenters. The van der Waals surface area contributed by atoms with Gasteiger partial charge >= 0.3 is 11.9 Å². The number of aliphatic hydroxyl groups is 19. The fraction of sp³-hybridized carbons (Fsp3) is 0.932. The molecule has 44 heteroatoms. The second-order valence-electron chi connectivity index (χ2n) is 25.7. The lowest BCUT2D eigenvalue weighted by Crippen LogP contribution is -2.68. The maximum absolute atomic E-state index is 13.0. The molecule has 22 N–H and O–H groups in total. The normalized spacial score (nSPS) is 44.9. The highest BCUT2D eigenvalue weighted by atomic mass is 32.2. The van der Waals surface area contributed by atoms with Crippen LogP contribution in [0, 0.1) is 5.92 Å². The minimum atomic E-state index is -2.31. The van der Waals surface area contributed by atoms with Crippen LogP contribution in [0.4, 0.5) is 0 Å². The van der Waals surface area contributed by atoms with Crippen molar-refractivity contribution < 1.29 is 202 Å². The third kappa shape index (κ3) is 21.0. The summed E-state index contributed by atoms with van der Waals surface area (Å²) in [4.78, 5) is 48.7. The molecule has 0 radical (unpaired) electrons. The first-order valence-corrected chi connectivity index (χ1v) is 35.5. The van der Waals surface area contributed by atoms with E-state index in [-0.39, 0.29) is 62.3 Å². The first-order valence-electron chi connectivity index (χ1n) is 33.2. The van der Waals surface area contributed by atoms with E-state index >= 15 is 0 Å². The zero-order chi connectivity index (χ0) is 75.4. The van der Waals surface area contributed by atoms with E-state index < -0.39 is 290 Å². The predicted octanol–water partition coefficient (Wildman–Crippen LogP) is -13.0. The summed E-state index contributed by atoms with van der Waals surface area (Å²) in [5.41, 5.74) is 0. The van der Waals surface area contributed by atoms with E-state index in [2.05, 4.69) is 5.32 Å². The molecule has 37 atom stereocenters. The molecule has 0 aromatic rings. The monoisotopic (exact) mass is 1540 g/mol. The largest absolute Gasteiger partial charge is 0.481 e. The van der Waals surface area contributed by atoms with Crippen molar-refractivity contribution in [2.75, 3.05) is 89.5 Å². The lowest BCUT2D eigenvalue weighted by Gasteiger charge is -2.50. The minimum absolute atomic E-state index is 0.0645. The number of carboxylic acids is 2. The van der Waals surface area contributed by atoms with Gasteiger partial charge in [0, 0.05) is 42.3 Å². The summed E-state index contributed by atoms with van der Waals surface area (Å²) in [6.45, 7) is -3.91. The number of ketones is 2. The van der Waals surface area contributed by atoms with Crippen molar-refractivity contribution in [3.05, 3.63) is 0 Å². The number of hydrogen-bond donors (Lipinski definition) is 22. The molecule has 0 amide bonds. The summed E-state index contributed by atoms with van der Waals surface area (Å²) >= 11 is 1.66. The van der Waals surface area contributed by atoms with Crippen LogP contribution in [-0.4, -0.2) is 441 Å². The fourth-order valence-electron chi connectivity index (χ4n) is 12.6. The molecular formula is C59H97NO41S2. The molecule has 21 saturated heterocycles. The molecular weight excluding hydrogens is 1440 g/mol. The summed E-state index contributed by atoms with van der Waals surface area (Å²) in [6.07, 6.45) is -73.1. The van der Waals surface area contributed by atoms with Crippen LogP contribution in [0.15, 0.2) is 0 Å². The highest BCUT2D eigenvalue weighted by Crippen LogP contribution is 2.40. The molecule has 21 heterocycles. The van der Waals surface area contributed by atoms with Gasteiger partial charge in [0.05, 0.1) is 77.6 Å². The van der Waals surface area contributed by atoms with Gasteiger partial charge in [0.15, 0.2) is 44.0 Å². The predicted molar refractivity (Wildman–Crippen MR) is 332 cm³/mol. The van der Waals surface area contributed by atoms with Crippen LogP contribution in [0.3, 0.4) is 0 Å². The van der Waals surface area contributed by atoms with Crippen LogP contribution in [0.2, 0.25) is 0 Å². The van der Waals surface area contributed by atoms with E-state index in [1.807, 2.05) is 0 Å². The Hall–Kier alpha value is -2.46. The highest BCUT2D eigenvalue weighted by molar-refractivity contribution is 7.99. The third-order valence-electron chi connectivity index (χ3n) is 18.6. The van der Waals surface area contributed by atoms with Gasteiger partial charge in [0.25, 0.3) is 0 Å². The fourth-order valence-corrected chi connectivity index (χ4v) is 15.0. The van der Waals surface area contributed by atoms with Gasteiger partial charge in [-0.05, 0) is 14.0 Å². The average molecular weight is 1540 g/mol. The number of thioether (sulfide) groups is 2. The molecule has 0 saturated carbocycles. The first kappa shape index (κ1) is 86.1. The topological polar surface area (TPSA) is 653 Å². The Kier molecular flexibility index (Phi) is 33.4. The van der Waals surface area contributed by atoms with Crippen LogP contribution in [0.1, 0.15) is 26.2 Å². The molecule has 0 aromatic carbocycles. The van der Waals surface area contributed by atoms with Crippen molar-refractivity contribution in [1.29, 1.82) is 0 Å². The van der Waals surface area contributed by atoms with E-state index in [0.717, 1.165) is 23.5 Å². The quantitative estimate of drug-likeness (QED) is 0.0340. The van der Waals surface area contributed by atoms with Gasteiger partial charge in [-0.15, -0.1) is 0 Å². The van der Waals surface area contributed by atoms with Crippen molar-refractivity contribution in [3.8, 4) is 0 Å². The number of hydrogen-bond acceptors (Lipinski definition) is 42. The molecule has 596 valence electrons. The molecule has 21 aliphatic heterocycles. The smallest absolute Gasteiger partial charge is 0.321 e. The van der Waals surface area contributed by atoms with Gasteiger partial charge in [-0.3, -0.25) is 19.2 Å². The summed E-state index contributed by atoms with van der Waals surface area (Å²) in [5, 5.41) is 239. The Labute approximate surface area is 595 Å². The van der Waals surface area contributed by atoms with Crippen molar-refractivity contribution in [2.45, 2.75) is 247 Å². The second kappa shape index (κ2) is 40.0. The second-order valence-corrected chi connectivity index (χ2v) is 27.9. The van der Waals surface area contributed by atoms with E-state index in [1.54, 1.807) is 0 Å². The number of carbonyl (C=O) groups excluding carboxylic acids is 2. The van der Waals surface area contributed by atoms with Gasteiger partial charge in [-0.25, -0.2) is 0 Å². The molecule has 0 aliphatic carbocycles. The van der Waals surface area contributed by atoms with Gasteiger partial charge < -0.3 is 188 Å². The number of rotatable bonds is 27. The Morgan fingerprint density at radius 3 is 0.845 bits per heavy atom. The molecule has 21 fully saturated rings. The lowest BCUT2D eigenvalue weighted by atomic mass is 9.95. The Morgan fingerprint density at radius 2 is 0.602 bits per heavy atom. The van der Waals surface area contributed by atoms with Crippen LogP contribution >= 0.6 is 23.5 Å². The minimum Gasteiger partial charge on any atom is -0.481 e. The zero-order valence-corrected chi connectivity index (χ0v) is 57.2. The van der Waals surface area contributed by atoms with Crippen molar-refractivity contribution >= 4 is 47.0 Å². The van der Waals surface area contributed by atoms with Crippen LogP contribution in [-0.2, 0) is 95.0 Å². The van der Waals surface area contributed by atoms with Gasteiger partial charge in [0.2, 0.25) is 0 Å². The van der Waals surface area contributed by atoms with Crippen molar-refractivity contribution in [3.63, 3.8) is 0 Å². The Balaban J connectivity index is 1.08. The zero-order valence-electron chi connectivity index (χ0n) is 55.5. The van der Waals surface area contributed by atoms with Crippen molar-refractivity contribution in [2.24, 2.45) is 5.92 Å². The maximum Gasteiger partial charge on any atom is 0.321 e. The number of aliphatic hydroxyl groups excluding tert-OH is 19. The number of Topliss-reactive ketones (excluding diaryl/α,β-unsaturated/α-hetero) is 2. The first-order chi connectivity index (χ1) is 49.0. The van der Waals surface area contributed by atoms with Gasteiger partial charge in [-0.2, -0.15) is 23.5 Å². The number of ether oxygens (including phenoxy) is 16. The number of nitrogens with one attached hydrogen (secondary N) is 1. The third-order valence-corrected chi connectivity index (χ3v) is 20.9. The number of carboxylic acid groups (broad SMARTS) is 2. The lowest BCUT2D eigenvalue weighted by molar-refractivity contribution is -0.395. The summed E-state index contributed by atoms with van der Waals surface area (Å²) in [7, 11) is 1.35. The molecule has 21 aliphatic rings. The number of aliphatic carboxylic acids is 2. The Bertz CT molecular complexity index is 2610. The van der Waals surface area contributed by atoms with Crippen LogP contribution < -0.4 is 5.32 Å². The van der Waals surface area contributed by atoms with Crippen LogP contribution in [0.5, 0.6) is 0 Å². The number of likely N-dealkylation sites (N-methyl/N-ethyl adjacent to an activating group) is 1. The van der Waals surface area contributed by atoms with Crippen LogP contribution in [0.25, 0.3) is 0 Å². The average Bonchev–Trinajstić information content (AvgIpc) is 0.785. The van der Waals surface area contributed by atoms with Gasteiger partial charge in [0.1, 0.15) is 176 Å². The molecule has 0 spiro atoms. The van der Waals surface area contributed by atoms with Crippen molar-refractivity contribution in [1.82, 2.24) is 5.32 Å². The summed E-state index contributed by atoms with van der Waals surface area (Å²) in [6, 6.07) is -1.18. The molecule has 103 heavy (non-hydrogen) atoms. The van der Waals surface area contributed by atoms with E-state index in [1.165, 1.54) is 14.0 Å². The number of carbonyl (C=O) groups is 4. The molecule has 21 rings (SSSR count). The molecule has 42 nitrogen and oxygen atoms in total. The molecule has 14 bridgehead atoms. The summed E-state index contributed by atoms with van der Waals surface area (Å²) in [5.74, 6) is -6.08.